The van der Waals surface area contributed by atoms with E-state index in [-0.39, 0.29) is 0 Å². The zero-order valence-electron chi connectivity index (χ0n) is 11.5. The summed E-state index contributed by atoms with van der Waals surface area (Å²) in [5.41, 5.74) is 1.32. The van der Waals surface area contributed by atoms with Gasteiger partial charge in [0, 0.05) is 23.7 Å². The maximum Gasteiger partial charge on any atom is 0.0471 e. The predicted octanol–water partition coefficient (Wildman–Crippen LogP) is 2.41. The van der Waals surface area contributed by atoms with Crippen molar-refractivity contribution in [2.24, 2.45) is 5.92 Å². The standard InChI is InChI=1S/C15H23BrN2O/c1-17-15(13-4-2-3-5-14(13)16)7-9-18-8-6-12(10-18)11-19/h2-5,12,15,17,19H,6-11H2,1H3. The molecule has 2 atom stereocenters. The fourth-order valence-corrected chi connectivity index (χ4v) is 3.35. The molecule has 1 saturated heterocycles. The molecular weight excluding hydrogens is 304 g/mol. The van der Waals surface area contributed by atoms with E-state index in [2.05, 4.69) is 44.3 Å². The summed E-state index contributed by atoms with van der Waals surface area (Å²) < 4.78 is 1.17. The van der Waals surface area contributed by atoms with Crippen molar-refractivity contribution in [3.63, 3.8) is 0 Å². The van der Waals surface area contributed by atoms with Crippen LogP contribution in [0.3, 0.4) is 0 Å². The van der Waals surface area contributed by atoms with Crippen LogP contribution in [-0.2, 0) is 0 Å². The minimum Gasteiger partial charge on any atom is -0.396 e. The van der Waals surface area contributed by atoms with E-state index >= 15 is 0 Å². The van der Waals surface area contributed by atoms with Gasteiger partial charge in [0.25, 0.3) is 0 Å². The van der Waals surface area contributed by atoms with Crippen LogP contribution in [0.4, 0.5) is 0 Å². The van der Waals surface area contributed by atoms with Crippen LogP contribution in [0.5, 0.6) is 0 Å². The van der Waals surface area contributed by atoms with Gasteiger partial charge in [0.1, 0.15) is 0 Å². The maximum absolute atomic E-state index is 9.18. The van der Waals surface area contributed by atoms with Crippen molar-refractivity contribution in [2.75, 3.05) is 33.3 Å². The van der Waals surface area contributed by atoms with E-state index in [1.165, 1.54) is 10.0 Å². The number of likely N-dealkylation sites (tertiary alicyclic amines) is 1. The molecule has 0 aliphatic carbocycles. The lowest BCUT2D eigenvalue weighted by molar-refractivity contribution is 0.219. The van der Waals surface area contributed by atoms with Crippen molar-refractivity contribution in [2.45, 2.75) is 18.9 Å². The highest BCUT2D eigenvalue weighted by molar-refractivity contribution is 9.10. The third-order valence-electron chi connectivity index (χ3n) is 3.99. The second-order valence-electron chi connectivity index (χ2n) is 5.29. The Morgan fingerprint density at radius 3 is 2.89 bits per heavy atom. The SMILES string of the molecule is CNC(CCN1CCC(CO)C1)c1ccccc1Br. The van der Waals surface area contributed by atoms with Gasteiger partial charge >= 0.3 is 0 Å². The molecule has 2 rings (SSSR count). The van der Waals surface area contributed by atoms with Crippen LogP contribution in [0.2, 0.25) is 0 Å². The highest BCUT2D eigenvalue weighted by Gasteiger charge is 2.22. The van der Waals surface area contributed by atoms with Gasteiger partial charge in [-0.3, -0.25) is 0 Å². The normalized spacial score (nSPS) is 21.7. The van der Waals surface area contributed by atoms with Gasteiger partial charge in [0.05, 0.1) is 0 Å². The first-order valence-corrected chi connectivity index (χ1v) is 7.78. The van der Waals surface area contributed by atoms with E-state index in [1.54, 1.807) is 0 Å². The summed E-state index contributed by atoms with van der Waals surface area (Å²) in [6.45, 7) is 3.58. The van der Waals surface area contributed by atoms with E-state index in [0.29, 0.717) is 18.6 Å². The van der Waals surface area contributed by atoms with Crippen molar-refractivity contribution in [1.82, 2.24) is 10.2 Å². The van der Waals surface area contributed by atoms with Gasteiger partial charge in [-0.05, 0) is 50.5 Å². The zero-order valence-corrected chi connectivity index (χ0v) is 13.1. The molecule has 3 nitrogen and oxygen atoms in total. The molecule has 4 heteroatoms. The van der Waals surface area contributed by atoms with Crippen molar-refractivity contribution >= 4 is 15.9 Å². The van der Waals surface area contributed by atoms with Crippen molar-refractivity contribution in [3.05, 3.63) is 34.3 Å². The van der Waals surface area contributed by atoms with Crippen LogP contribution in [0.1, 0.15) is 24.4 Å². The molecule has 0 spiro atoms. The summed E-state index contributed by atoms with van der Waals surface area (Å²) in [4.78, 5) is 2.46. The number of rotatable bonds is 6. The minimum atomic E-state index is 0.330. The second kappa shape index (κ2) is 7.39. The maximum atomic E-state index is 9.18. The fourth-order valence-electron chi connectivity index (χ4n) is 2.79. The highest BCUT2D eigenvalue weighted by atomic mass is 79.9. The summed E-state index contributed by atoms with van der Waals surface area (Å²) in [6, 6.07) is 8.78. The van der Waals surface area contributed by atoms with E-state index in [1.807, 2.05) is 13.1 Å². The number of hydrogen-bond donors (Lipinski definition) is 2. The summed E-state index contributed by atoms with van der Waals surface area (Å²) >= 11 is 3.63. The number of nitrogens with zero attached hydrogens (tertiary/aromatic N) is 1. The molecule has 1 fully saturated rings. The Kier molecular flexibility index (Phi) is 5.82. The third-order valence-corrected chi connectivity index (χ3v) is 4.71. The molecule has 1 aliphatic rings. The van der Waals surface area contributed by atoms with Gasteiger partial charge in [-0.15, -0.1) is 0 Å². The Labute approximate surface area is 124 Å². The average molecular weight is 327 g/mol. The third kappa shape index (κ3) is 4.02. The number of aliphatic hydroxyl groups is 1. The summed E-state index contributed by atoms with van der Waals surface area (Å²) in [5.74, 6) is 0.483. The lowest BCUT2D eigenvalue weighted by Crippen LogP contribution is -2.27. The van der Waals surface area contributed by atoms with Gasteiger partial charge < -0.3 is 15.3 Å². The molecular formula is C15H23BrN2O. The molecule has 0 radical (unpaired) electrons. The van der Waals surface area contributed by atoms with Gasteiger partial charge in [0.15, 0.2) is 0 Å². The number of halogens is 1. The van der Waals surface area contributed by atoms with E-state index in [9.17, 15) is 5.11 Å². The first kappa shape index (κ1) is 15.0. The van der Waals surface area contributed by atoms with Crippen LogP contribution in [-0.4, -0.2) is 43.3 Å². The average Bonchev–Trinajstić information content (AvgIpc) is 2.89. The Morgan fingerprint density at radius 2 is 2.26 bits per heavy atom. The number of benzene rings is 1. The molecule has 1 aromatic carbocycles. The smallest absolute Gasteiger partial charge is 0.0471 e. The van der Waals surface area contributed by atoms with Crippen LogP contribution in [0.25, 0.3) is 0 Å². The molecule has 1 heterocycles. The van der Waals surface area contributed by atoms with E-state index < -0.39 is 0 Å². The Hall–Kier alpha value is -0.420. The topological polar surface area (TPSA) is 35.5 Å². The predicted molar refractivity (Wildman–Crippen MR) is 82.2 cm³/mol. The summed E-state index contributed by atoms with van der Waals surface area (Å²) in [6.07, 6.45) is 2.23. The number of nitrogens with one attached hydrogen (secondary N) is 1. The van der Waals surface area contributed by atoms with Gasteiger partial charge in [0.2, 0.25) is 0 Å². The van der Waals surface area contributed by atoms with Gasteiger partial charge in [-0.25, -0.2) is 0 Å². The molecule has 19 heavy (non-hydrogen) atoms. The molecule has 2 N–H and O–H groups in total. The fraction of sp³-hybridized carbons (Fsp3) is 0.600. The van der Waals surface area contributed by atoms with Crippen molar-refractivity contribution < 1.29 is 5.11 Å². The molecule has 0 aromatic heterocycles. The number of aliphatic hydroxyl groups excluding tert-OH is 1. The lowest BCUT2D eigenvalue weighted by Gasteiger charge is -2.22. The first-order valence-electron chi connectivity index (χ1n) is 6.99. The largest absolute Gasteiger partial charge is 0.396 e. The quantitative estimate of drug-likeness (QED) is 0.842. The highest BCUT2D eigenvalue weighted by Crippen LogP contribution is 2.26. The first-order chi connectivity index (χ1) is 9.24. The van der Waals surface area contributed by atoms with Crippen LogP contribution in [0.15, 0.2) is 28.7 Å². The van der Waals surface area contributed by atoms with E-state index in [0.717, 1.165) is 32.5 Å². The summed E-state index contributed by atoms with van der Waals surface area (Å²) in [7, 11) is 2.02. The molecule has 0 amide bonds. The lowest BCUT2D eigenvalue weighted by atomic mass is 10.0. The monoisotopic (exact) mass is 326 g/mol. The molecule has 2 unspecified atom stereocenters. The molecule has 1 aliphatic heterocycles. The minimum absolute atomic E-state index is 0.330. The Morgan fingerprint density at radius 1 is 1.47 bits per heavy atom. The molecule has 0 bridgehead atoms. The Balaban J connectivity index is 1.88. The Bertz CT molecular complexity index is 399. The number of hydrogen-bond acceptors (Lipinski definition) is 3. The molecule has 0 saturated carbocycles. The van der Waals surface area contributed by atoms with E-state index in [4.69, 9.17) is 0 Å². The summed E-state index contributed by atoms with van der Waals surface area (Å²) in [5, 5.41) is 12.6. The van der Waals surface area contributed by atoms with Crippen LogP contribution < -0.4 is 5.32 Å². The second-order valence-corrected chi connectivity index (χ2v) is 6.14. The van der Waals surface area contributed by atoms with Gasteiger partial charge in [-0.2, -0.15) is 0 Å². The van der Waals surface area contributed by atoms with Gasteiger partial charge in [-0.1, -0.05) is 34.1 Å². The molecule has 106 valence electrons. The zero-order chi connectivity index (χ0) is 13.7. The van der Waals surface area contributed by atoms with Crippen LogP contribution >= 0.6 is 15.9 Å². The molecule has 1 aromatic rings. The van der Waals surface area contributed by atoms with Crippen molar-refractivity contribution in [1.29, 1.82) is 0 Å². The van der Waals surface area contributed by atoms with Crippen LogP contribution in [0, 0.1) is 5.92 Å². The van der Waals surface area contributed by atoms with Crippen molar-refractivity contribution in [3.8, 4) is 0 Å².